The number of hydrogen-bond donors (Lipinski definition) is 1. The predicted molar refractivity (Wildman–Crippen MR) is 99.0 cm³/mol. The number of anilines is 2. The molecule has 1 aliphatic rings. The second-order valence-electron chi connectivity index (χ2n) is 5.99. The van der Waals surface area contributed by atoms with Crippen molar-refractivity contribution in [2.75, 3.05) is 21.8 Å². The van der Waals surface area contributed by atoms with Crippen LogP contribution in [0.5, 0.6) is 0 Å². The maximum absolute atomic E-state index is 12.7. The molecule has 0 saturated carbocycles. The highest BCUT2D eigenvalue weighted by Crippen LogP contribution is 2.32. The van der Waals surface area contributed by atoms with Gasteiger partial charge in [-0.1, -0.05) is 25.1 Å². The molecule has 1 aliphatic heterocycles. The third-order valence-corrected chi connectivity index (χ3v) is 6.80. The lowest BCUT2D eigenvalue weighted by Crippen LogP contribution is -2.27. The van der Waals surface area contributed by atoms with Crippen LogP contribution >= 0.6 is 0 Å². The summed E-state index contributed by atoms with van der Waals surface area (Å²) in [4.78, 5) is 0.132. The Bertz CT molecular complexity index is 1010. The number of para-hydroxylation sites is 1. The van der Waals surface area contributed by atoms with Crippen LogP contribution in [0, 0.1) is 0 Å². The van der Waals surface area contributed by atoms with E-state index in [0.29, 0.717) is 30.8 Å². The summed E-state index contributed by atoms with van der Waals surface area (Å²) in [6.45, 7) is 2.30. The molecule has 0 bridgehead atoms. The summed E-state index contributed by atoms with van der Waals surface area (Å²) >= 11 is 0. The van der Waals surface area contributed by atoms with Crippen LogP contribution in [0.25, 0.3) is 0 Å². The summed E-state index contributed by atoms with van der Waals surface area (Å²) in [5.74, 6) is 0. The molecule has 8 heteroatoms. The average molecular weight is 380 g/mol. The molecule has 2 aromatic rings. The minimum atomic E-state index is -3.74. The van der Waals surface area contributed by atoms with Gasteiger partial charge in [-0.05, 0) is 48.2 Å². The quantitative estimate of drug-likeness (QED) is 0.863. The van der Waals surface area contributed by atoms with Crippen molar-refractivity contribution < 1.29 is 16.8 Å². The van der Waals surface area contributed by atoms with E-state index in [0.717, 1.165) is 17.4 Å². The van der Waals surface area contributed by atoms with Crippen molar-refractivity contribution in [3.8, 4) is 0 Å². The highest BCUT2D eigenvalue weighted by molar-refractivity contribution is 7.92. The molecule has 0 atom stereocenters. The molecule has 25 heavy (non-hydrogen) atoms. The number of benzene rings is 2. The van der Waals surface area contributed by atoms with Crippen LogP contribution < -0.4 is 9.03 Å². The maximum atomic E-state index is 12.7. The Balaban J connectivity index is 1.95. The van der Waals surface area contributed by atoms with E-state index < -0.39 is 20.0 Å². The Hall–Kier alpha value is -2.06. The van der Waals surface area contributed by atoms with Gasteiger partial charge >= 0.3 is 0 Å². The van der Waals surface area contributed by atoms with Crippen LogP contribution in [-0.4, -0.2) is 29.6 Å². The van der Waals surface area contributed by atoms with Crippen molar-refractivity contribution in [1.29, 1.82) is 0 Å². The van der Waals surface area contributed by atoms with Crippen LogP contribution in [0.2, 0.25) is 0 Å². The molecular weight excluding hydrogens is 360 g/mol. The van der Waals surface area contributed by atoms with Gasteiger partial charge in [-0.2, -0.15) is 0 Å². The van der Waals surface area contributed by atoms with Crippen LogP contribution in [0.3, 0.4) is 0 Å². The first-order valence-corrected chi connectivity index (χ1v) is 11.3. The zero-order valence-electron chi connectivity index (χ0n) is 14.1. The molecule has 134 valence electrons. The third kappa shape index (κ3) is 3.50. The molecule has 1 heterocycles. The molecule has 0 saturated heterocycles. The van der Waals surface area contributed by atoms with Crippen molar-refractivity contribution in [1.82, 2.24) is 0 Å². The molecule has 0 spiro atoms. The smallest absolute Gasteiger partial charge is 0.261 e. The molecular formula is C17H20N2O4S2. The minimum absolute atomic E-state index is 0.132. The lowest BCUT2D eigenvalue weighted by molar-refractivity contribution is 0.597. The Morgan fingerprint density at radius 3 is 2.48 bits per heavy atom. The van der Waals surface area contributed by atoms with Crippen LogP contribution in [0.1, 0.15) is 18.1 Å². The topological polar surface area (TPSA) is 83.6 Å². The molecule has 2 aromatic carbocycles. The number of hydrogen-bond acceptors (Lipinski definition) is 4. The van der Waals surface area contributed by atoms with Gasteiger partial charge < -0.3 is 0 Å². The number of sulfonamides is 2. The van der Waals surface area contributed by atoms with Gasteiger partial charge in [0.2, 0.25) is 10.0 Å². The fraction of sp³-hybridized carbons (Fsp3) is 0.294. The van der Waals surface area contributed by atoms with Gasteiger partial charge in [0.25, 0.3) is 10.0 Å². The normalized spacial score (nSPS) is 14.4. The van der Waals surface area contributed by atoms with E-state index >= 15 is 0 Å². The lowest BCUT2D eigenvalue weighted by atomic mass is 10.1. The van der Waals surface area contributed by atoms with Crippen molar-refractivity contribution in [2.24, 2.45) is 0 Å². The van der Waals surface area contributed by atoms with Crippen molar-refractivity contribution >= 4 is 31.4 Å². The summed E-state index contributed by atoms with van der Waals surface area (Å²) in [5, 5.41) is 0. The van der Waals surface area contributed by atoms with Gasteiger partial charge in [-0.3, -0.25) is 9.03 Å². The van der Waals surface area contributed by atoms with E-state index in [1.54, 1.807) is 24.3 Å². The maximum Gasteiger partial charge on any atom is 0.261 e. The van der Waals surface area contributed by atoms with Gasteiger partial charge in [-0.15, -0.1) is 0 Å². The minimum Gasteiger partial charge on any atom is -0.279 e. The monoisotopic (exact) mass is 380 g/mol. The lowest BCUT2D eigenvalue weighted by Gasteiger charge is -2.17. The molecule has 0 fully saturated rings. The SMILES string of the molecule is CCc1ccccc1NS(=O)(=O)c1ccc2c(c1)CCN2S(C)(=O)=O. The highest BCUT2D eigenvalue weighted by atomic mass is 32.2. The van der Waals surface area contributed by atoms with Gasteiger partial charge in [-0.25, -0.2) is 16.8 Å². The van der Waals surface area contributed by atoms with E-state index in [9.17, 15) is 16.8 Å². The summed E-state index contributed by atoms with van der Waals surface area (Å²) in [6.07, 6.45) is 2.36. The van der Waals surface area contributed by atoms with Gasteiger partial charge in [0.1, 0.15) is 0 Å². The first-order valence-electron chi connectivity index (χ1n) is 7.94. The zero-order valence-corrected chi connectivity index (χ0v) is 15.7. The second-order valence-corrected chi connectivity index (χ2v) is 9.58. The first kappa shape index (κ1) is 17.8. The Morgan fingerprint density at radius 2 is 1.80 bits per heavy atom. The van der Waals surface area contributed by atoms with Crippen LogP contribution in [0.4, 0.5) is 11.4 Å². The summed E-state index contributed by atoms with van der Waals surface area (Å²) in [6, 6.07) is 11.8. The fourth-order valence-corrected chi connectivity index (χ4v) is 5.10. The number of aryl methyl sites for hydroxylation is 1. The Morgan fingerprint density at radius 1 is 1.08 bits per heavy atom. The zero-order chi connectivity index (χ0) is 18.2. The first-order chi connectivity index (χ1) is 11.7. The molecule has 0 aliphatic carbocycles. The van der Waals surface area contributed by atoms with Crippen LogP contribution in [-0.2, 0) is 32.9 Å². The number of fused-ring (bicyclic) bond motifs is 1. The van der Waals surface area contributed by atoms with E-state index in [2.05, 4.69) is 4.72 Å². The van der Waals surface area contributed by atoms with Gasteiger partial charge in [0.15, 0.2) is 0 Å². The molecule has 0 radical (unpaired) electrons. The molecule has 0 amide bonds. The molecule has 1 N–H and O–H groups in total. The molecule has 6 nitrogen and oxygen atoms in total. The van der Waals surface area contributed by atoms with Gasteiger partial charge in [0.05, 0.1) is 22.5 Å². The predicted octanol–water partition coefficient (Wildman–Crippen LogP) is 2.37. The molecule has 0 aromatic heterocycles. The summed E-state index contributed by atoms with van der Waals surface area (Å²) in [7, 11) is -7.09. The summed E-state index contributed by atoms with van der Waals surface area (Å²) in [5.41, 5.74) is 2.74. The largest absolute Gasteiger partial charge is 0.279 e. The van der Waals surface area contributed by atoms with Crippen molar-refractivity contribution in [3.63, 3.8) is 0 Å². The van der Waals surface area contributed by atoms with Crippen LogP contribution in [0.15, 0.2) is 47.4 Å². The number of rotatable bonds is 5. The van der Waals surface area contributed by atoms with E-state index in [-0.39, 0.29) is 4.90 Å². The summed E-state index contributed by atoms with van der Waals surface area (Å²) < 4.78 is 52.9. The van der Waals surface area contributed by atoms with E-state index in [1.165, 1.54) is 10.4 Å². The van der Waals surface area contributed by atoms with E-state index in [1.807, 2.05) is 19.1 Å². The molecule has 3 rings (SSSR count). The standard InChI is InChI=1S/C17H20N2O4S2/c1-3-13-6-4-5-7-16(13)18-25(22,23)15-8-9-17-14(12-15)10-11-19(17)24(2,20)21/h4-9,12,18H,3,10-11H2,1-2H3. The Kier molecular flexibility index (Phi) is 4.51. The molecule has 0 unspecified atom stereocenters. The number of nitrogens with one attached hydrogen (secondary N) is 1. The Labute approximate surface area is 148 Å². The van der Waals surface area contributed by atoms with Gasteiger partial charge in [0, 0.05) is 6.54 Å². The fourth-order valence-electron chi connectivity index (χ4n) is 2.99. The second kappa shape index (κ2) is 6.34. The van der Waals surface area contributed by atoms with Crippen molar-refractivity contribution in [2.45, 2.75) is 24.7 Å². The average Bonchev–Trinajstić information content (AvgIpc) is 2.98. The van der Waals surface area contributed by atoms with E-state index in [4.69, 9.17) is 0 Å². The van der Waals surface area contributed by atoms with Crippen molar-refractivity contribution in [3.05, 3.63) is 53.6 Å². The third-order valence-electron chi connectivity index (χ3n) is 4.26. The number of nitrogens with zero attached hydrogens (tertiary/aromatic N) is 1. The highest BCUT2D eigenvalue weighted by Gasteiger charge is 2.28.